The van der Waals surface area contributed by atoms with Crippen molar-refractivity contribution in [1.29, 1.82) is 0 Å². The van der Waals surface area contributed by atoms with Crippen molar-refractivity contribution < 1.29 is 24.2 Å². The minimum atomic E-state index is -1.33. The first-order valence-corrected chi connectivity index (χ1v) is 10.8. The number of rotatable bonds is 8. The molecular weight excluding hydrogens is 410 g/mol. The number of phenolic OH excluding ortho intramolecular Hbond substituents is 1. The summed E-state index contributed by atoms with van der Waals surface area (Å²) in [5, 5.41) is 27.1. The van der Waals surface area contributed by atoms with E-state index in [1.54, 1.807) is 32.5 Å². The van der Waals surface area contributed by atoms with Crippen LogP contribution in [0.2, 0.25) is 0 Å². The third-order valence-electron chi connectivity index (χ3n) is 5.99. The van der Waals surface area contributed by atoms with E-state index < -0.39 is 11.9 Å². The first-order valence-electron chi connectivity index (χ1n) is 10.8. The van der Waals surface area contributed by atoms with Crippen LogP contribution < -0.4 is 10.6 Å². The molecule has 2 atom stereocenters. The molecule has 8 heteroatoms. The molecule has 1 aromatic heterocycles. The number of aliphatic hydroxyl groups is 1. The van der Waals surface area contributed by atoms with E-state index in [9.17, 15) is 19.8 Å². The number of aliphatic hydroxyl groups excluding tert-OH is 1. The number of hydrogen-bond acceptors (Lipinski definition) is 7. The predicted molar refractivity (Wildman–Crippen MR) is 119 cm³/mol. The first kappa shape index (κ1) is 22.0. The van der Waals surface area contributed by atoms with Crippen LogP contribution in [0.4, 0.5) is 5.69 Å². The normalized spacial score (nSPS) is 19.1. The van der Waals surface area contributed by atoms with Crippen LogP contribution in [0.1, 0.15) is 60.3 Å². The Morgan fingerprint density at radius 3 is 2.56 bits per heavy atom. The third-order valence-corrected chi connectivity index (χ3v) is 5.99. The molecule has 0 bridgehead atoms. The molecule has 0 radical (unpaired) electrons. The van der Waals surface area contributed by atoms with Crippen molar-refractivity contribution in [2.75, 3.05) is 19.4 Å². The summed E-state index contributed by atoms with van der Waals surface area (Å²) >= 11 is 0. The van der Waals surface area contributed by atoms with E-state index in [0.717, 1.165) is 24.2 Å². The molecule has 0 saturated heterocycles. The average molecular weight is 440 g/mol. The van der Waals surface area contributed by atoms with Crippen LogP contribution >= 0.6 is 0 Å². The molecule has 2 aliphatic rings. The van der Waals surface area contributed by atoms with Gasteiger partial charge in [-0.3, -0.25) is 9.59 Å². The summed E-state index contributed by atoms with van der Waals surface area (Å²) < 4.78 is 5.80. The zero-order chi connectivity index (χ0) is 23.2. The number of aromatic hydroxyl groups is 1. The van der Waals surface area contributed by atoms with Crippen molar-refractivity contribution in [3.63, 3.8) is 0 Å². The van der Waals surface area contributed by atoms with Gasteiger partial charge in [0.2, 0.25) is 5.78 Å². The molecule has 1 saturated carbocycles. The summed E-state index contributed by atoms with van der Waals surface area (Å²) in [6.07, 6.45) is 2.47. The Kier molecular flexibility index (Phi) is 5.73. The fourth-order valence-corrected chi connectivity index (χ4v) is 3.78. The number of phenols is 1. The number of nitrogens with one attached hydrogen (secondary N) is 2. The van der Waals surface area contributed by atoms with Gasteiger partial charge in [0, 0.05) is 14.1 Å². The molecule has 2 aliphatic carbocycles. The Morgan fingerprint density at radius 1 is 1.25 bits per heavy atom. The highest BCUT2D eigenvalue weighted by Gasteiger charge is 2.43. The van der Waals surface area contributed by atoms with Gasteiger partial charge in [0.05, 0.1) is 29.3 Å². The molecule has 170 valence electrons. The van der Waals surface area contributed by atoms with Crippen LogP contribution in [0.3, 0.4) is 0 Å². The van der Waals surface area contributed by atoms with Crippen molar-refractivity contribution in [2.45, 2.75) is 44.8 Å². The van der Waals surface area contributed by atoms with Gasteiger partial charge >= 0.3 is 0 Å². The van der Waals surface area contributed by atoms with Crippen LogP contribution in [-0.2, 0) is 4.79 Å². The zero-order valence-corrected chi connectivity index (χ0v) is 18.7. The van der Waals surface area contributed by atoms with Crippen LogP contribution in [0.25, 0.3) is 0 Å². The maximum Gasteiger partial charge on any atom is 0.257 e. The smallest absolute Gasteiger partial charge is 0.257 e. The number of carbonyl (C=O) groups is 2. The molecule has 1 amide bonds. The Bertz CT molecular complexity index is 1080. The van der Waals surface area contributed by atoms with Gasteiger partial charge in [-0.15, -0.1) is 0 Å². The topological polar surface area (TPSA) is 115 Å². The van der Waals surface area contributed by atoms with Gasteiger partial charge in [-0.1, -0.05) is 19.9 Å². The molecule has 8 nitrogen and oxygen atoms in total. The summed E-state index contributed by atoms with van der Waals surface area (Å²) in [6.45, 7) is 4.18. The number of benzene rings is 1. The molecule has 1 fully saturated rings. The first-order chi connectivity index (χ1) is 15.2. The summed E-state index contributed by atoms with van der Waals surface area (Å²) in [5.41, 5.74) is 1.98. The van der Waals surface area contributed by atoms with E-state index >= 15 is 0 Å². The molecule has 1 aromatic carbocycles. The molecule has 4 rings (SSSR count). The highest BCUT2D eigenvalue weighted by molar-refractivity contribution is 6.09. The summed E-state index contributed by atoms with van der Waals surface area (Å²) in [6, 6.07) is 6.56. The molecular formula is C24H29N3O5. The van der Waals surface area contributed by atoms with Crippen molar-refractivity contribution in [3.05, 3.63) is 58.8 Å². The number of para-hydroxylation sites is 1. The molecule has 32 heavy (non-hydrogen) atoms. The monoisotopic (exact) mass is 439 g/mol. The number of furan rings is 1. The second-order valence-corrected chi connectivity index (χ2v) is 8.98. The summed E-state index contributed by atoms with van der Waals surface area (Å²) in [7, 11) is 3.19. The maximum absolute atomic E-state index is 12.5. The fourth-order valence-electron chi connectivity index (χ4n) is 3.78. The summed E-state index contributed by atoms with van der Waals surface area (Å²) in [5.74, 6) is 0.422. The lowest BCUT2D eigenvalue weighted by Crippen LogP contribution is -2.46. The van der Waals surface area contributed by atoms with Gasteiger partial charge in [-0.25, -0.2) is 0 Å². The molecule has 0 aliphatic heterocycles. The molecule has 4 N–H and O–H groups in total. The predicted octanol–water partition coefficient (Wildman–Crippen LogP) is 3.12. The van der Waals surface area contributed by atoms with E-state index in [-0.39, 0.29) is 40.3 Å². The molecule has 1 unspecified atom stereocenters. The average Bonchev–Trinajstić information content (AvgIpc) is 3.48. The Labute approximate surface area is 186 Å². The van der Waals surface area contributed by atoms with Gasteiger partial charge in [0.25, 0.3) is 5.91 Å². The van der Waals surface area contributed by atoms with Crippen molar-refractivity contribution >= 4 is 17.4 Å². The highest BCUT2D eigenvalue weighted by atomic mass is 16.3. The number of hydrogen-bond donors (Lipinski definition) is 4. The van der Waals surface area contributed by atoms with Crippen molar-refractivity contribution in [1.82, 2.24) is 10.2 Å². The maximum atomic E-state index is 12.5. The lowest BCUT2D eigenvalue weighted by atomic mass is 9.93. The SMILES string of the molecule is CC(C)c1coc([C@H](NC2=C(Nc3cccc(C(=O)N(C)C)c3O)C(O)C2=O)C2CC2)c1. The number of carbonyl (C=O) groups excluding carboxylic acids is 2. The Morgan fingerprint density at radius 2 is 1.97 bits per heavy atom. The van der Waals surface area contributed by atoms with E-state index in [1.807, 2.05) is 6.07 Å². The minimum Gasteiger partial charge on any atom is -0.505 e. The lowest BCUT2D eigenvalue weighted by Gasteiger charge is -2.32. The number of ketones is 1. The van der Waals surface area contributed by atoms with Gasteiger partial charge in [0.1, 0.15) is 11.5 Å². The molecule has 1 heterocycles. The highest BCUT2D eigenvalue weighted by Crippen LogP contribution is 2.43. The number of anilines is 1. The fraction of sp³-hybridized carbons (Fsp3) is 0.417. The molecule has 2 aromatic rings. The molecule has 0 spiro atoms. The quantitative estimate of drug-likeness (QED) is 0.467. The van der Waals surface area contributed by atoms with Gasteiger partial charge in [0.15, 0.2) is 11.9 Å². The second-order valence-electron chi connectivity index (χ2n) is 8.98. The van der Waals surface area contributed by atoms with Crippen LogP contribution in [0.5, 0.6) is 5.75 Å². The van der Waals surface area contributed by atoms with Crippen LogP contribution in [-0.4, -0.2) is 47.0 Å². The Hall–Kier alpha value is -3.26. The van der Waals surface area contributed by atoms with Crippen molar-refractivity contribution in [2.24, 2.45) is 5.92 Å². The van der Waals surface area contributed by atoms with Gasteiger partial charge in [-0.05, 0) is 48.4 Å². The van der Waals surface area contributed by atoms with Gasteiger partial charge < -0.3 is 30.2 Å². The van der Waals surface area contributed by atoms with E-state index in [2.05, 4.69) is 24.5 Å². The third kappa shape index (κ3) is 3.98. The van der Waals surface area contributed by atoms with E-state index in [1.165, 1.54) is 11.0 Å². The van der Waals surface area contributed by atoms with Crippen LogP contribution in [0, 0.1) is 5.92 Å². The standard InChI is InChI=1S/C24H29N3O5/c1-12(2)14-10-17(32-11-14)18(13-8-9-13)26-20-19(22(29)23(20)30)25-16-7-5-6-15(21(16)28)24(31)27(3)4/h5-7,10-13,18,22,25-26,28-29H,8-9H2,1-4H3/t18-,22?/m1/s1. The summed E-state index contributed by atoms with van der Waals surface area (Å²) in [4.78, 5) is 26.1. The number of nitrogens with zero attached hydrogens (tertiary/aromatic N) is 1. The number of Topliss-reactive ketones (excluding diaryl/α,β-unsaturated/α-hetero) is 1. The largest absolute Gasteiger partial charge is 0.505 e. The van der Waals surface area contributed by atoms with E-state index in [0.29, 0.717) is 11.8 Å². The minimum absolute atomic E-state index is 0.128. The second kappa shape index (κ2) is 8.35. The Balaban J connectivity index is 1.61. The van der Waals surface area contributed by atoms with Crippen molar-refractivity contribution in [3.8, 4) is 5.75 Å². The van der Waals surface area contributed by atoms with Gasteiger partial charge in [-0.2, -0.15) is 0 Å². The van der Waals surface area contributed by atoms with E-state index in [4.69, 9.17) is 4.42 Å². The zero-order valence-electron chi connectivity index (χ0n) is 18.7. The number of amides is 1. The van der Waals surface area contributed by atoms with Crippen LogP contribution in [0.15, 0.2) is 46.3 Å². The lowest BCUT2D eigenvalue weighted by molar-refractivity contribution is -0.125.